The van der Waals surface area contributed by atoms with E-state index in [1.165, 1.54) is 11.1 Å². The van der Waals surface area contributed by atoms with Crippen molar-refractivity contribution in [1.29, 1.82) is 0 Å². The van der Waals surface area contributed by atoms with Gasteiger partial charge in [-0.1, -0.05) is 35.9 Å². The van der Waals surface area contributed by atoms with Crippen molar-refractivity contribution < 1.29 is 9.84 Å². The Hall–Kier alpha value is -1.80. The van der Waals surface area contributed by atoms with E-state index in [-0.39, 0.29) is 6.61 Å². The summed E-state index contributed by atoms with van der Waals surface area (Å²) in [7, 11) is 1.70. The quantitative estimate of drug-likeness (QED) is 0.885. The van der Waals surface area contributed by atoms with E-state index in [4.69, 9.17) is 9.84 Å². The number of rotatable bonds is 5. The fourth-order valence-corrected chi connectivity index (χ4v) is 2.22. The van der Waals surface area contributed by atoms with Crippen molar-refractivity contribution in [1.82, 2.24) is 0 Å². The molecule has 0 aliphatic rings. The standard InChI is InChI=1S/C17H20O2/c1-13-8-9-17(19-2)16(11-13)15-7-3-5-14(12-15)6-4-10-18/h3,5,7-9,11-12,18H,4,6,10H2,1-2H3. The molecule has 0 bridgehead atoms. The first-order valence-electron chi connectivity index (χ1n) is 6.59. The lowest BCUT2D eigenvalue weighted by atomic mass is 9.99. The molecule has 2 rings (SSSR count). The van der Waals surface area contributed by atoms with Gasteiger partial charge in [0.05, 0.1) is 7.11 Å². The van der Waals surface area contributed by atoms with Gasteiger partial charge in [0.25, 0.3) is 0 Å². The van der Waals surface area contributed by atoms with Crippen LogP contribution in [0.25, 0.3) is 11.1 Å². The van der Waals surface area contributed by atoms with Gasteiger partial charge in [-0.05, 0) is 43.0 Å². The van der Waals surface area contributed by atoms with Gasteiger partial charge in [0.1, 0.15) is 5.75 Å². The Balaban J connectivity index is 2.38. The van der Waals surface area contributed by atoms with Crippen molar-refractivity contribution in [3.05, 3.63) is 53.6 Å². The monoisotopic (exact) mass is 256 g/mol. The van der Waals surface area contributed by atoms with E-state index in [0.29, 0.717) is 0 Å². The number of hydrogen-bond acceptors (Lipinski definition) is 2. The largest absolute Gasteiger partial charge is 0.496 e. The van der Waals surface area contributed by atoms with Crippen LogP contribution in [0.2, 0.25) is 0 Å². The first-order valence-corrected chi connectivity index (χ1v) is 6.59. The fourth-order valence-electron chi connectivity index (χ4n) is 2.22. The Morgan fingerprint density at radius 1 is 1.11 bits per heavy atom. The van der Waals surface area contributed by atoms with Gasteiger partial charge in [-0.3, -0.25) is 0 Å². The van der Waals surface area contributed by atoms with E-state index in [2.05, 4.69) is 43.3 Å². The van der Waals surface area contributed by atoms with E-state index < -0.39 is 0 Å². The highest BCUT2D eigenvalue weighted by molar-refractivity contribution is 5.71. The van der Waals surface area contributed by atoms with Crippen molar-refractivity contribution >= 4 is 0 Å². The molecule has 0 heterocycles. The molecule has 2 heteroatoms. The number of aliphatic hydroxyl groups excluding tert-OH is 1. The molecule has 2 nitrogen and oxygen atoms in total. The lowest BCUT2D eigenvalue weighted by Crippen LogP contribution is -1.92. The molecule has 0 aliphatic carbocycles. The number of hydrogen-bond donors (Lipinski definition) is 1. The second kappa shape index (κ2) is 6.39. The van der Waals surface area contributed by atoms with Gasteiger partial charge < -0.3 is 9.84 Å². The second-order valence-corrected chi connectivity index (χ2v) is 4.73. The third-order valence-corrected chi connectivity index (χ3v) is 3.22. The zero-order valence-electron chi connectivity index (χ0n) is 11.5. The van der Waals surface area contributed by atoms with Gasteiger partial charge in [0, 0.05) is 12.2 Å². The van der Waals surface area contributed by atoms with Crippen LogP contribution in [0.3, 0.4) is 0 Å². The molecule has 19 heavy (non-hydrogen) atoms. The lowest BCUT2D eigenvalue weighted by molar-refractivity contribution is 0.288. The SMILES string of the molecule is COc1ccc(C)cc1-c1cccc(CCCO)c1. The van der Waals surface area contributed by atoms with Gasteiger partial charge >= 0.3 is 0 Å². The molecule has 0 spiro atoms. The van der Waals surface area contributed by atoms with Crippen LogP contribution in [-0.2, 0) is 6.42 Å². The Kier molecular flexibility index (Phi) is 4.58. The van der Waals surface area contributed by atoms with Gasteiger partial charge in [-0.15, -0.1) is 0 Å². The maximum Gasteiger partial charge on any atom is 0.126 e. The molecular formula is C17H20O2. The average Bonchev–Trinajstić information content (AvgIpc) is 2.45. The van der Waals surface area contributed by atoms with Crippen LogP contribution >= 0.6 is 0 Å². The van der Waals surface area contributed by atoms with Crippen LogP contribution in [0.1, 0.15) is 17.5 Å². The smallest absolute Gasteiger partial charge is 0.126 e. The molecule has 0 aromatic heterocycles. The third kappa shape index (κ3) is 3.36. The number of aryl methyl sites for hydroxylation is 2. The highest BCUT2D eigenvalue weighted by atomic mass is 16.5. The third-order valence-electron chi connectivity index (χ3n) is 3.22. The first-order chi connectivity index (χ1) is 9.24. The Morgan fingerprint density at radius 3 is 2.68 bits per heavy atom. The summed E-state index contributed by atoms with van der Waals surface area (Å²) in [5.41, 5.74) is 4.75. The summed E-state index contributed by atoms with van der Waals surface area (Å²) in [6.07, 6.45) is 1.70. The number of methoxy groups -OCH3 is 1. The molecule has 100 valence electrons. The summed E-state index contributed by atoms with van der Waals surface area (Å²) >= 11 is 0. The lowest BCUT2D eigenvalue weighted by Gasteiger charge is -2.11. The highest BCUT2D eigenvalue weighted by Crippen LogP contribution is 2.31. The molecule has 1 N–H and O–H groups in total. The summed E-state index contributed by atoms with van der Waals surface area (Å²) in [4.78, 5) is 0. The minimum atomic E-state index is 0.234. The molecule has 0 saturated heterocycles. The maximum absolute atomic E-state index is 8.91. The van der Waals surface area contributed by atoms with E-state index in [1.54, 1.807) is 7.11 Å². The zero-order chi connectivity index (χ0) is 13.7. The van der Waals surface area contributed by atoms with Crippen LogP contribution in [0, 0.1) is 6.92 Å². The predicted molar refractivity (Wildman–Crippen MR) is 78.6 cm³/mol. The number of ether oxygens (including phenoxy) is 1. The topological polar surface area (TPSA) is 29.5 Å². The summed E-state index contributed by atoms with van der Waals surface area (Å²) in [5, 5.41) is 8.91. The second-order valence-electron chi connectivity index (χ2n) is 4.73. The minimum Gasteiger partial charge on any atom is -0.496 e. The average molecular weight is 256 g/mol. The van der Waals surface area contributed by atoms with Crippen molar-refractivity contribution in [3.63, 3.8) is 0 Å². The van der Waals surface area contributed by atoms with Crippen LogP contribution in [0.15, 0.2) is 42.5 Å². The van der Waals surface area contributed by atoms with Crippen LogP contribution < -0.4 is 4.74 Å². The number of benzene rings is 2. The minimum absolute atomic E-state index is 0.234. The molecule has 0 atom stereocenters. The van der Waals surface area contributed by atoms with E-state index in [1.807, 2.05) is 6.07 Å². The zero-order valence-corrected chi connectivity index (χ0v) is 11.5. The van der Waals surface area contributed by atoms with Gasteiger partial charge in [0.15, 0.2) is 0 Å². The summed E-state index contributed by atoms with van der Waals surface area (Å²) in [6.45, 7) is 2.32. The summed E-state index contributed by atoms with van der Waals surface area (Å²) in [6, 6.07) is 14.6. The molecule has 0 amide bonds. The summed E-state index contributed by atoms with van der Waals surface area (Å²) < 4.78 is 5.44. The van der Waals surface area contributed by atoms with E-state index >= 15 is 0 Å². The Bertz CT molecular complexity index is 547. The molecule has 0 fully saturated rings. The van der Waals surface area contributed by atoms with Crippen LogP contribution in [0.5, 0.6) is 5.75 Å². The maximum atomic E-state index is 8.91. The van der Waals surface area contributed by atoms with Crippen LogP contribution in [-0.4, -0.2) is 18.8 Å². The van der Waals surface area contributed by atoms with Gasteiger partial charge in [-0.2, -0.15) is 0 Å². The molecule has 2 aromatic carbocycles. The van der Waals surface area contributed by atoms with Crippen molar-refractivity contribution in [2.24, 2.45) is 0 Å². The Morgan fingerprint density at radius 2 is 1.95 bits per heavy atom. The van der Waals surface area contributed by atoms with E-state index in [0.717, 1.165) is 29.7 Å². The first kappa shape index (κ1) is 13.6. The van der Waals surface area contributed by atoms with Crippen LogP contribution in [0.4, 0.5) is 0 Å². The molecular weight excluding hydrogens is 236 g/mol. The van der Waals surface area contributed by atoms with Crippen molar-refractivity contribution in [2.75, 3.05) is 13.7 Å². The highest BCUT2D eigenvalue weighted by Gasteiger charge is 2.06. The Labute approximate surface area is 114 Å². The predicted octanol–water partition coefficient (Wildman–Crippen LogP) is 3.60. The normalized spacial score (nSPS) is 10.5. The molecule has 0 saturated carbocycles. The number of aliphatic hydroxyl groups is 1. The summed E-state index contributed by atoms with van der Waals surface area (Å²) in [5.74, 6) is 0.893. The fraction of sp³-hybridized carbons (Fsp3) is 0.294. The van der Waals surface area contributed by atoms with Gasteiger partial charge in [-0.25, -0.2) is 0 Å². The van der Waals surface area contributed by atoms with Gasteiger partial charge in [0.2, 0.25) is 0 Å². The molecule has 0 radical (unpaired) electrons. The molecule has 0 unspecified atom stereocenters. The molecule has 2 aromatic rings. The van der Waals surface area contributed by atoms with E-state index in [9.17, 15) is 0 Å². The molecule has 0 aliphatic heterocycles. The van der Waals surface area contributed by atoms with Crippen molar-refractivity contribution in [3.8, 4) is 16.9 Å². The van der Waals surface area contributed by atoms with Crippen molar-refractivity contribution in [2.45, 2.75) is 19.8 Å².